The maximum absolute atomic E-state index is 4.30. The van der Waals surface area contributed by atoms with Crippen molar-refractivity contribution in [2.75, 3.05) is 0 Å². The van der Waals surface area contributed by atoms with Crippen molar-refractivity contribution < 1.29 is 0 Å². The van der Waals surface area contributed by atoms with Gasteiger partial charge in [0.15, 0.2) is 5.65 Å². The monoisotopic (exact) mass is 236 g/mol. The Labute approximate surface area is 105 Å². The molecule has 0 fully saturated rings. The lowest BCUT2D eigenvalue weighted by Gasteiger charge is -1.98. The zero-order chi connectivity index (χ0) is 12.4. The summed E-state index contributed by atoms with van der Waals surface area (Å²) < 4.78 is 1.93. The molecule has 0 radical (unpaired) electrons. The van der Waals surface area contributed by atoms with E-state index in [4.69, 9.17) is 0 Å². The summed E-state index contributed by atoms with van der Waals surface area (Å²) in [5.74, 6) is 0. The molecule has 1 aromatic carbocycles. The Bertz CT molecular complexity index is 698. The Morgan fingerprint density at radius 2 is 1.83 bits per heavy atom. The molecular formula is C14H12N4. The minimum atomic E-state index is 0.722. The highest BCUT2D eigenvalue weighted by atomic mass is 15.1. The quantitative estimate of drug-likeness (QED) is 0.686. The van der Waals surface area contributed by atoms with Crippen LogP contribution in [-0.2, 0) is 7.05 Å². The molecule has 0 aliphatic heterocycles. The smallest absolute Gasteiger partial charge is 0.181 e. The number of hydrogen-bond acceptors (Lipinski definition) is 3. The maximum Gasteiger partial charge on any atom is 0.181 e. The third-order valence-electron chi connectivity index (χ3n) is 2.77. The van der Waals surface area contributed by atoms with Crippen LogP contribution in [0.4, 0.5) is 0 Å². The molecule has 0 aliphatic rings. The summed E-state index contributed by atoms with van der Waals surface area (Å²) >= 11 is 0. The van der Waals surface area contributed by atoms with Crippen LogP contribution >= 0.6 is 0 Å². The summed E-state index contributed by atoms with van der Waals surface area (Å²) in [5.41, 5.74) is 3.69. The summed E-state index contributed by atoms with van der Waals surface area (Å²) in [4.78, 5) is 12.6. The highest BCUT2D eigenvalue weighted by Gasteiger charge is 2.05. The normalized spacial score (nSPS) is 11.4. The second-order valence-electron chi connectivity index (χ2n) is 4.03. The van der Waals surface area contributed by atoms with Crippen LogP contribution in [0.3, 0.4) is 0 Å². The van der Waals surface area contributed by atoms with Gasteiger partial charge >= 0.3 is 0 Å². The van der Waals surface area contributed by atoms with E-state index < -0.39 is 0 Å². The first-order valence-corrected chi connectivity index (χ1v) is 5.70. The average Bonchev–Trinajstić information content (AvgIpc) is 2.80. The fraction of sp³-hybridized carbons (Fsp3) is 0.0714. The number of nitrogens with zero attached hydrogens (tertiary/aromatic N) is 4. The van der Waals surface area contributed by atoms with Crippen LogP contribution in [0.15, 0.2) is 43.0 Å². The number of aromatic nitrogens is 4. The molecule has 4 nitrogen and oxygen atoms in total. The summed E-state index contributed by atoms with van der Waals surface area (Å²) in [7, 11) is 1.94. The Morgan fingerprint density at radius 1 is 1.00 bits per heavy atom. The zero-order valence-electron chi connectivity index (χ0n) is 9.99. The average molecular weight is 236 g/mol. The third-order valence-corrected chi connectivity index (χ3v) is 2.77. The van der Waals surface area contributed by atoms with E-state index in [1.165, 1.54) is 0 Å². The molecule has 0 bridgehead atoms. The molecule has 4 heteroatoms. The van der Waals surface area contributed by atoms with E-state index in [0.29, 0.717) is 0 Å². The van der Waals surface area contributed by atoms with Gasteiger partial charge in [0.25, 0.3) is 0 Å². The molecule has 0 unspecified atom stereocenters. The predicted octanol–water partition coefficient (Wildman–Crippen LogP) is 2.53. The highest BCUT2D eigenvalue weighted by Crippen LogP contribution is 2.15. The van der Waals surface area contributed by atoms with Gasteiger partial charge in [0.05, 0.1) is 12.0 Å². The first-order chi connectivity index (χ1) is 8.84. The van der Waals surface area contributed by atoms with E-state index >= 15 is 0 Å². The first kappa shape index (κ1) is 10.7. The molecule has 0 N–H and O–H groups in total. The summed E-state index contributed by atoms with van der Waals surface area (Å²) in [6.45, 7) is 0. The summed E-state index contributed by atoms with van der Waals surface area (Å²) in [6, 6.07) is 10.1. The molecule has 0 amide bonds. The van der Waals surface area contributed by atoms with Gasteiger partial charge in [0.2, 0.25) is 0 Å². The van der Waals surface area contributed by atoms with Gasteiger partial charge in [-0.15, -0.1) is 0 Å². The molecule has 88 valence electrons. The molecule has 18 heavy (non-hydrogen) atoms. The van der Waals surface area contributed by atoms with Crippen LogP contribution in [0, 0.1) is 0 Å². The van der Waals surface area contributed by atoms with Gasteiger partial charge in [-0.05, 0) is 11.6 Å². The van der Waals surface area contributed by atoms with Crippen LogP contribution < -0.4 is 0 Å². The molecule has 2 aromatic heterocycles. The molecule has 3 rings (SSSR count). The van der Waals surface area contributed by atoms with Gasteiger partial charge in [-0.2, -0.15) is 0 Å². The van der Waals surface area contributed by atoms with E-state index in [-0.39, 0.29) is 0 Å². The van der Waals surface area contributed by atoms with Crippen molar-refractivity contribution in [1.29, 1.82) is 0 Å². The van der Waals surface area contributed by atoms with Gasteiger partial charge < -0.3 is 4.57 Å². The first-order valence-electron chi connectivity index (χ1n) is 5.70. The number of hydrogen-bond donors (Lipinski definition) is 0. The molecule has 0 aliphatic carbocycles. The van der Waals surface area contributed by atoms with Gasteiger partial charge in [-0.3, -0.25) is 0 Å². The zero-order valence-corrected chi connectivity index (χ0v) is 9.99. The molecular weight excluding hydrogens is 224 g/mol. The van der Waals surface area contributed by atoms with E-state index in [9.17, 15) is 0 Å². The second kappa shape index (κ2) is 4.41. The number of benzene rings is 1. The predicted molar refractivity (Wildman–Crippen MR) is 71.7 cm³/mol. The fourth-order valence-corrected chi connectivity index (χ4v) is 1.88. The van der Waals surface area contributed by atoms with Crippen LogP contribution in [-0.4, -0.2) is 19.5 Å². The molecule has 3 aromatic rings. The van der Waals surface area contributed by atoms with Crippen molar-refractivity contribution in [2.24, 2.45) is 7.05 Å². The van der Waals surface area contributed by atoms with Crippen molar-refractivity contribution in [3.63, 3.8) is 0 Å². The Hall–Kier alpha value is -2.49. The SMILES string of the molecule is Cn1cnc2ncnc(/C=C/c3ccccc3)c21. The lowest BCUT2D eigenvalue weighted by molar-refractivity contribution is 0.943. The number of aryl methyl sites for hydroxylation is 1. The molecule has 2 heterocycles. The lowest BCUT2D eigenvalue weighted by Crippen LogP contribution is -1.91. The molecule has 0 saturated carbocycles. The van der Waals surface area contributed by atoms with E-state index in [1.54, 1.807) is 12.7 Å². The topological polar surface area (TPSA) is 43.6 Å². The maximum atomic E-state index is 4.30. The van der Waals surface area contributed by atoms with Crippen LogP contribution in [0.1, 0.15) is 11.3 Å². The van der Waals surface area contributed by atoms with E-state index in [2.05, 4.69) is 27.1 Å². The van der Waals surface area contributed by atoms with Crippen molar-refractivity contribution in [1.82, 2.24) is 19.5 Å². The van der Waals surface area contributed by atoms with Crippen LogP contribution in [0.25, 0.3) is 23.3 Å². The number of rotatable bonds is 2. The van der Waals surface area contributed by atoms with Crippen LogP contribution in [0.5, 0.6) is 0 Å². The number of fused-ring (bicyclic) bond motifs is 1. The largest absolute Gasteiger partial charge is 0.331 e. The number of imidazole rings is 1. The van der Waals surface area contributed by atoms with Gasteiger partial charge in [-0.25, -0.2) is 15.0 Å². The van der Waals surface area contributed by atoms with Crippen molar-refractivity contribution >= 4 is 23.3 Å². The minimum absolute atomic E-state index is 0.722. The Morgan fingerprint density at radius 3 is 2.67 bits per heavy atom. The standard InChI is InChI=1S/C14H12N4/c1-18-10-17-14-13(18)12(15-9-16-14)8-7-11-5-3-2-4-6-11/h2-10H,1H3/b8-7+. The van der Waals surface area contributed by atoms with Gasteiger partial charge in [0, 0.05) is 7.05 Å². The second-order valence-corrected chi connectivity index (χ2v) is 4.03. The Balaban J connectivity index is 2.05. The molecule has 0 atom stereocenters. The fourth-order valence-electron chi connectivity index (χ4n) is 1.88. The van der Waals surface area contributed by atoms with Crippen molar-refractivity contribution in [2.45, 2.75) is 0 Å². The summed E-state index contributed by atoms with van der Waals surface area (Å²) in [5, 5.41) is 0. The van der Waals surface area contributed by atoms with Gasteiger partial charge in [-0.1, -0.05) is 36.4 Å². The third kappa shape index (κ3) is 1.88. The Kier molecular flexibility index (Phi) is 2.61. The minimum Gasteiger partial charge on any atom is -0.331 e. The summed E-state index contributed by atoms with van der Waals surface area (Å²) in [6.07, 6.45) is 7.31. The van der Waals surface area contributed by atoms with E-state index in [0.717, 1.165) is 22.4 Å². The van der Waals surface area contributed by atoms with Crippen molar-refractivity contribution in [3.8, 4) is 0 Å². The molecule has 0 spiro atoms. The lowest BCUT2D eigenvalue weighted by atomic mass is 10.2. The van der Waals surface area contributed by atoms with E-state index in [1.807, 2.05) is 42.0 Å². The van der Waals surface area contributed by atoms with Crippen molar-refractivity contribution in [3.05, 3.63) is 54.2 Å². The molecule has 0 saturated heterocycles. The highest BCUT2D eigenvalue weighted by molar-refractivity contribution is 5.84. The van der Waals surface area contributed by atoms with Crippen LogP contribution in [0.2, 0.25) is 0 Å². The van der Waals surface area contributed by atoms with Gasteiger partial charge in [0.1, 0.15) is 11.8 Å².